The van der Waals surface area contributed by atoms with Crippen LogP contribution < -0.4 is 16.0 Å². The lowest BCUT2D eigenvalue weighted by molar-refractivity contribution is 0.297. The summed E-state index contributed by atoms with van der Waals surface area (Å²) in [6.45, 7) is 4.13. The molecule has 1 atom stereocenters. The van der Waals surface area contributed by atoms with Crippen LogP contribution in [0.3, 0.4) is 0 Å². The Bertz CT molecular complexity index is 503. The summed E-state index contributed by atoms with van der Waals surface area (Å²) in [4.78, 5) is 4.35. The van der Waals surface area contributed by atoms with Gasteiger partial charge in [0.05, 0.1) is 0 Å². The summed E-state index contributed by atoms with van der Waals surface area (Å²) in [5.41, 5.74) is 1.51. The molecule has 0 saturated heterocycles. The van der Waals surface area contributed by atoms with Crippen LogP contribution in [0.5, 0.6) is 0 Å². The van der Waals surface area contributed by atoms with E-state index in [1.54, 1.807) is 0 Å². The van der Waals surface area contributed by atoms with E-state index in [4.69, 9.17) is 0 Å². The highest BCUT2D eigenvalue weighted by Gasteiger charge is 2.35. The Morgan fingerprint density at radius 3 is 2.48 bits per heavy atom. The van der Waals surface area contributed by atoms with Crippen molar-refractivity contribution in [1.82, 2.24) is 16.0 Å². The molecule has 142 valence electrons. The van der Waals surface area contributed by atoms with Gasteiger partial charge in [0, 0.05) is 37.5 Å². The van der Waals surface area contributed by atoms with Crippen molar-refractivity contribution in [1.29, 1.82) is 0 Å². The first-order chi connectivity index (χ1) is 11.7. The van der Waals surface area contributed by atoms with Crippen LogP contribution in [-0.2, 0) is 0 Å². The molecule has 2 rings (SSSR count). The van der Waals surface area contributed by atoms with E-state index >= 15 is 0 Å². The molecule has 1 aliphatic carbocycles. The Kier molecular flexibility index (Phi) is 10.8. The first-order valence-electron chi connectivity index (χ1n) is 8.95. The number of rotatable bonds is 8. The van der Waals surface area contributed by atoms with E-state index in [0.717, 1.165) is 24.8 Å². The standard InChI is InChI=1S/C19H32N4S.HI/c1-16(17-9-5-4-6-10-17)23-19(11-7-8-12-19)15-22-18(20-2)21-13-14-24-3;/h4-6,9-10,16,23H,7-8,11-15H2,1-3H3,(H2,20,21,22);1H. The number of benzene rings is 1. The smallest absolute Gasteiger partial charge is 0.191 e. The summed E-state index contributed by atoms with van der Waals surface area (Å²) in [5, 5.41) is 10.8. The fourth-order valence-corrected chi connectivity index (χ4v) is 3.76. The van der Waals surface area contributed by atoms with Crippen LogP contribution in [0, 0.1) is 0 Å². The van der Waals surface area contributed by atoms with Gasteiger partial charge < -0.3 is 16.0 Å². The molecule has 1 aromatic rings. The van der Waals surface area contributed by atoms with Crippen molar-refractivity contribution in [2.75, 3.05) is 32.1 Å². The molecule has 25 heavy (non-hydrogen) atoms. The Balaban J connectivity index is 0.00000312. The number of guanidine groups is 1. The van der Waals surface area contributed by atoms with Crippen LogP contribution in [0.4, 0.5) is 0 Å². The zero-order valence-electron chi connectivity index (χ0n) is 15.7. The van der Waals surface area contributed by atoms with Gasteiger partial charge in [-0.2, -0.15) is 11.8 Å². The fourth-order valence-electron chi connectivity index (χ4n) is 3.45. The highest BCUT2D eigenvalue weighted by atomic mass is 127. The lowest BCUT2D eigenvalue weighted by Crippen LogP contribution is -2.54. The molecule has 0 aliphatic heterocycles. The van der Waals surface area contributed by atoms with Crippen LogP contribution in [0.2, 0.25) is 0 Å². The van der Waals surface area contributed by atoms with Gasteiger partial charge in [0.15, 0.2) is 5.96 Å². The number of nitrogens with one attached hydrogen (secondary N) is 3. The van der Waals surface area contributed by atoms with E-state index in [-0.39, 0.29) is 29.5 Å². The first kappa shape index (κ1) is 22.6. The van der Waals surface area contributed by atoms with Gasteiger partial charge in [-0.05, 0) is 31.6 Å². The molecule has 1 aliphatic rings. The lowest BCUT2D eigenvalue weighted by Gasteiger charge is -2.35. The maximum Gasteiger partial charge on any atom is 0.191 e. The Morgan fingerprint density at radius 2 is 1.88 bits per heavy atom. The third kappa shape index (κ3) is 7.35. The van der Waals surface area contributed by atoms with Crippen molar-refractivity contribution in [2.24, 2.45) is 4.99 Å². The Hall–Kier alpha value is -0.470. The van der Waals surface area contributed by atoms with Gasteiger partial charge in [-0.25, -0.2) is 0 Å². The van der Waals surface area contributed by atoms with Gasteiger partial charge in [-0.1, -0.05) is 43.2 Å². The van der Waals surface area contributed by atoms with Crippen molar-refractivity contribution < 1.29 is 0 Å². The molecule has 4 nitrogen and oxygen atoms in total. The van der Waals surface area contributed by atoms with Crippen molar-refractivity contribution >= 4 is 41.7 Å². The minimum absolute atomic E-state index is 0. The number of hydrogen-bond donors (Lipinski definition) is 3. The van der Waals surface area contributed by atoms with E-state index in [0.29, 0.717) is 6.04 Å². The number of aliphatic imine (C=N–C) groups is 1. The molecule has 0 radical (unpaired) electrons. The van der Waals surface area contributed by atoms with Gasteiger partial charge in [0.25, 0.3) is 0 Å². The molecule has 1 aromatic carbocycles. The summed E-state index contributed by atoms with van der Waals surface area (Å²) in [6.07, 6.45) is 7.17. The van der Waals surface area contributed by atoms with Crippen molar-refractivity contribution in [3.05, 3.63) is 35.9 Å². The van der Waals surface area contributed by atoms with E-state index < -0.39 is 0 Å². The molecular weight excluding hydrogens is 443 g/mol. The molecule has 0 heterocycles. The van der Waals surface area contributed by atoms with E-state index in [1.165, 1.54) is 31.2 Å². The van der Waals surface area contributed by atoms with Crippen LogP contribution in [0.1, 0.15) is 44.2 Å². The summed E-state index contributed by atoms with van der Waals surface area (Å²) < 4.78 is 0. The van der Waals surface area contributed by atoms with Crippen molar-refractivity contribution in [3.8, 4) is 0 Å². The minimum Gasteiger partial charge on any atom is -0.356 e. The SMILES string of the molecule is CN=C(NCCSC)NCC1(NC(C)c2ccccc2)CCCC1.I. The van der Waals surface area contributed by atoms with Gasteiger partial charge in [0.1, 0.15) is 0 Å². The van der Waals surface area contributed by atoms with Gasteiger partial charge in [-0.15, -0.1) is 24.0 Å². The predicted octanol–water partition coefficient (Wildman–Crippen LogP) is 3.80. The molecule has 0 spiro atoms. The van der Waals surface area contributed by atoms with Gasteiger partial charge >= 0.3 is 0 Å². The fraction of sp³-hybridized carbons (Fsp3) is 0.632. The summed E-state index contributed by atoms with van der Waals surface area (Å²) >= 11 is 1.85. The highest BCUT2D eigenvalue weighted by Crippen LogP contribution is 2.31. The quantitative estimate of drug-likeness (QED) is 0.231. The molecule has 1 saturated carbocycles. The molecule has 1 fully saturated rings. The van der Waals surface area contributed by atoms with Crippen LogP contribution in [0.25, 0.3) is 0 Å². The summed E-state index contributed by atoms with van der Waals surface area (Å²) in [7, 11) is 1.84. The maximum atomic E-state index is 4.35. The normalized spacial score (nSPS) is 17.6. The largest absolute Gasteiger partial charge is 0.356 e. The highest BCUT2D eigenvalue weighted by molar-refractivity contribution is 14.0. The number of halogens is 1. The minimum atomic E-state index is 0. The summed E-state index contributed by atoms with van der Waals surface area (Å²) in [5.74, 6) is 2.00. The average Bonchev–Trinajstić information content (AvgIpc) is 3.07. The molecule has 1 unspecified atom stereocenters. The topological polar surface area (TPSA) is 48.5 Å². The zero-order chi connectivity index (χ0) is 17.3. The Labute approximate surface area is 174 Å². The predicted molar refractivity (Wildman–Crippen MR) is 122 cm³/mol. The molecule has 0 bridgehead atoms. The zero-order valence-corrected chi connectivity index (χ0v) is 18.8. The Morgan fingerprint density at radius 1 is 1.20 bits per heavy atom. The van der Waals surface area contributed by atoms with Crippen LogP contribution >= 0.6 is 35.7 Å². The van der Waals surface area contributed by atoms with E-state index in [2.05, 4.69) is 64.5 Å². The number of hydrogen-bond acceptors (Lipinski definition) is 3. The first-order valence-corrected chi connectivity index (χ1v) is 10.3. The van der Waals surface area contributed by atoms with E-state index in [9.17, 15) is 0 Å². The van der Waals surface area contributed by atoms with Crippen LogP contribution in [0.15, 0.2) is 35.3 Å². The molecule has 3 N–H and O–H groups in total. The molecular formula is C19H33IN4S. The monoisotopic (exact) mass is 476 g/mol. The molecule has 6 heteroatoms. The van der Waals surface area contributed by atoms with Crippen molar-refractivity contribution in [3.63, 3.8) is 0 Å². The van der Waals surface area contributed by atoms with Crippen molar-refractivity contribution in [2.45, 2.75) is 44.2 Å². The average molecular weight is 476 g/mol. The number of nitrogens with zero attached hydrogens (tertiary/aromatic N) is 1. The second-order valence-electron chi connectivity index (χ2n) is 6.61. The third-order valence-corrected chi connectivity index (χ3v) is 5.41. The van der Waals surface area contributed by atoms with Crippen LogP contribution in [-0.4, -0.2) is 43.6 Å². The van der Waals surface area contributed by atoms with Gasteiger partial charge in [0.2, 0.25) is 0 Å². The number of thioether (sulfide) groups is 1. The van der Waals surface area contributed by atoms with E-state index in [1.807, 2.05) is 18.8 Å². The molecule has 0 aromatic heterocycles. The second kappa shape index (κ2) is 12.0. The third-order valence-electron chi connectivity index (χ3n) is 4.80. The summed E-state index contributed by atoms with van der Waals surface area (Å²) in [6, 6.07) is 11.1. The lowest BCUT2D eigenvalue weighted by atomic mass is 9.94. The maximum absolute atomic E-state index is 4.35. The second-order valence-corrected chi connectivity index (χ2v) is 7.60. The molecule has 0 amide bonds. The van der Waals surface area contributed by atoms with Gasteiger partial charge in [-0.3, -0.25) is 4.99 Å².